The molecule has 1 atom stereocenters. The molecule has 4 N–H and O–H groups in total. The van der Waals surface area contributed by atoms with Crippen molar-refractivity contribution in [3.8, 4) is 16.9 Å². The van der Waals surface area contributed by atoms with E-state index < -0.39 is 6.10 Å². The van der Waals surface area contributed by atoms with Gasteiger partial charge in [-0.2, -0.15) is 0 Å². The van der Waals surface area contributed by atoms with Gasteiger partial charge in [-0.3, -0.25) is 0 Å². The van der Waals surface area contributed by atoms with Gasteiger partial charge in [0.2, 0.25) is 0 Å². The number of aromatic nitrogens is 1. The van der Waals surface area contributed by atoms with Crippen molar-refractivity contribution in [2.24, 2.45) is 0 Å². The second-order valence-corrected chi connectivity index (χ2v) is 8.39. The van der Waals surface area contributed by atoms with E-state index in [0.717, 1.165) is 46.3 Å². The summed E-state index contributed by atoms with van der Waals surface area (Å²) in [6, 6.07) is 32.9. The molecule has 1 aromatic heterocycles. The Labute approximate surface area is 199 Å². The van der Waals surface area contributed by atoms with Crippen LogP contribution in [0.25, 0.3) is 32.9 Å². The van der Waals surface area contributed by atoms with Crippen molar-refractivity contribution < 1.29 is 9.84 Å². The van der Waals surface area contributed by atoms with Crippen LogP contribution in [0.4, 0.5) is 5.69 Å². The van der Waals surface area contributed by atoms with E-state index in [4.69, 9.17) is 4.74 Å². The lowest BCUT2D eigenvalue weighted by atomic mass is 10.1. The highest BCUT2D eigenvalue weighted by Crippen LogP contribution is 2.33. The van der Waals surface area contributed by atoms with E-state index in [2.05, 4.69) is 76.3 Å². The Kier molecular flexibility index (Phi) is 6.75. The molecule has 5 aromatic rings. The van der Waals surface area contributed by atoms with Crippen LogP contribution in [0.5, 0.6) is 5.75 Å². The molecule has 0 spiro atoms. The van der Waals surface area contributed by atoms with E-state index in [9.17, 15) is 5.11 Å². The highest BCUT2D eigenvalue weighted by atomic mass is 16.5. The number of ether oxygens (including phenoxy) is 1. The lowest BCUT2D eigenvalue weighted by Gasteiger charge is -2.14. The number of benzene rings is 4. The predicted octanol–water partition coefficient (Wildman–Crippen LogP) is 5.43. The number of fused-ring (bicyclic) bond motifs is 3. The fourth-order valence-electron chi connectivity index (χ4n) is 4.21. The van der Waals surface area contributed by atoms with Crippen LogP contribution in [0.1, 0.15) is 0 Å². The smallest absolute Gasteiger partial charge is 0.129 e. The summed E-state index contributed by atoms with van der Waals surface area (Å²) in [6.07, 6.45) is -0.592. The minimum absolute atomic E-state index is 0.236. The van der Waals surface area contributed by atoms with Gasteiger partial charge in [0, 0.05) is 41.6 Å². The summed E-state index contributed by atoms with van der Waals surface area (Å²) in [5.41, 5.74) is 5.62. The van der Waals surface area contributed by atoms with Crippen LogP contribution >= 0.6 is 0 Å². The van der Waals surface area contributed by atoms with Crippen LogP contribution in [0, 0.1) is 0 Å². The molecule has 172 valence electrons. The van der Waals surface area contributed by atoms with Crippen molar-refractivity contribution in [3.63, 3.8) is 0 Å². The Hall–Kier alpha value is -3.80. The number of H-pyrrole nitrogens is 1. The van der Waals surface area contributed by atoms with Crippen LogP contribution in [0.3, 0.4) is 0 Å². The number of hydrogen-bond acceptors (Lipinski definition) is 4. The van der Waals surface area contributed by atoms with Crippen molar-refractivity contribution in [3.05, 3.63) is 97.1 Å². The van der Waals surface area contributed by atoms with Crippen LogP contribution in [-0.2, 0) is 0 Å². The second-order valence-electron chi connectivity index (χ2n) is 8.39. The van der Waals surface area contributed by atoms with Gasteiger partial charge in [0.25, 0.3) is 0 Å². The number of rotatable bonds is 10. The van der Waals surface area contributed by atoms with Crippen molar-refractivity contribution in [2.75, 3.05) is 31.6 Å². The normalized spacial score (nSPS) is 12.1. The zero-order valence-corrected chi connectivity index (χ0v) is 19.0. The second kappa shape index (κ2) is 10.4. The number of hydrogen-bond donors (Lipinski definition) is 4. The molecule has 0 fully saturated rings. The van der Waals surface area contributed by atoms with Gasteiger partial charge in [-0.15, -0.1) is 0 Å². The molecule has 0 saturated heterocycles. The van der Waals surface area contributed by atoms with Crippen molar-refractivity contribution in [1.82, 2.24) is 10.3 Å². The third kappa shape index (κ3) is 5.06. The molecule has 5 rings (SSSR count). The molecule has 5 heteroatoms. The molecule has 0 amide bonds. The summed E-state index contributed by atoms with van der Waals surface area (Å²) in [5, 5.41) is 19.3. The molecule has 0 bridgehead atoms. The molecule has 0 saturated carbocycles. The number of anilines is 1. The van der Waals surface area contributed by atoms with E-state index in [1.165, 1.54) is 11.1 Å². The Bertz CT molecular complexity index is 1350. The maximum absolute atomic E-state index is 10.4. The average Bonchev–Trinajstić information content (AvgIpc) is 3.27. The third-order valence-electron chi connectivity index (χ3n) is 5.93. The molecule has 34 heavy (non-hydrogen) atoms. The quantitative estimate of drug-likeness (QED) is 0.214. The van der Waals surface area contributed by atoms with Gasteiger partial charge in [0.15, 0.2) is 0 Å². The molecule has 4 aromatic carbocycles. The van der Waals surface area contributed by atoms with E-state index >= 15 is 0 Å². The van der Waals surface area contributed by atoms with E-state index in [1.807, 2.05) is 36.4 Å². The van der Waals surface area contributed by atoms with Crippen molar-refractivity contribution >= 4 is 27.5 Å². The van der Waals surface area contributed by atoms with Gasteiger partial charge in [0.1, 0.15) is 18.5 Å². The maximum Gasteiger partial charge on any atom is 0.129 e. The summed E-state index contributed by atoms with van der Waals surface area (Å²) in [5.74, 6) is 0.787. The van der Waals surface area contributed by atoms with Crippen LogP contribution in [-0.4, -0.2) is 42.4 Å². The van der Waals surface area contributed by atoms with E-state index in [1.54, 1.807) is 0 Å². The fraction of sp³-hybridized carbons (Fsp3) is 0.172. The molecule has 0 aliphatic carbocycles. The number of para-hydroxylation sites is 1. The largest absolute Gasteiger partial charge is 0.490 e. The summed E-state index contributed by atoms with van der Waals surface area (Å²) < 4.78 is 6.00. The van der Waals surface area contributed by atoms with Gasteiger partial charge >= 0.3 is 0 Å². The van der Waals surface area contributed by atoms with Crippen LogP contribution < -0.4 is 15.4 Å². The van der Waals surface area contributed by atoms with Gasteiger partial charge in [0.05, 0.1) is 5.52 Å². The molecular weight excluding hydrogens is 422 g/mol. The van der Waals surface area contributed by atoms with E-state index in [-0.39, 0.29) is 6.61 Å². The van der Waals surface area contributed by atoms with Crippen molar-refractivity contribution in [1.29, 1.82) is 0 Å². The first-order valence-electron chi connectivity index (χ1n) is 11.7. The molecule has 1 heterocycles. The highest BCUT2D eigenvalue weighted by Gasteiger charge is 2.11. The topological polar surface area (TPSA) is 69.3 Å². The van der Waals surface area contributed by atoms with Crippen LogP contribution in [0.15, 0.2) is 97.1 Å². The molecule has 1 unspecified atom stereocenters. The van der Waals surface area contributed by atoms with Gasteiger partial charge in [-0.25, -0.2) is 0 Å². The highest BCUT2D eigenvalue weighted by molar-refractivity contribution is 6.10. The zero-order valence-electron chi connectivity index (χ0n) is 19.0. The summed E-state index contributed by atoms with van der Waals surface area (Å²) in [4.78, 5) is 3.42. The van der Waals surface area contributed by atoms with Gasteiger partial charge in [-0.05, 0) is 41.5 Å². The summed E-state index contributed by atoms with van der Waals surface area (Å²) in [7, 11) is 0. The first-order chi connectivity index (χ1) is 16.8. The first kappa shape index (κ1) is 22.0. The van der Waals surface area contributed by atoms with E-state index in [0.29, 0.717) is 6.54 Å². The lowest BCUT2D eigenvalue weighted by Crippen LogP contribution is -2.34. The lowest BCUT2D eigenvalue weighted by molar-refractivity contribution is 0.108. The Morgan fingerprint density at radius 3 is 2.32 bits per heavy atom. The Balaban J connectivity index is 1.06. The number of aliphatic hydroxyl groups is 1. The van der Waals surface area contributed by atoms with Gasteiger partial charge < -0.3 is 25.5 Å². The zero-order chi connectivity index (χ0) is 23.2. The summed E-state index contributed by atoms with van der Waals surface area (Å²) >= 11 is 0. The predicted molar refractivity (Wildman–Crippen MR) is 141 cm³/mol. The first-order valence-corrected chi connectivity index (χ1v) is 11.7. The Morgan fingerprint density at radius 1 is 0.735 bits per heavy atom. The number of aliphatic hydroxyl groups excluding tert-OH is 1. The Morgan fingerprint density at radius 2 is 1.47 bits per heavy atom. The minimum atomic E-state index is -0.592. The third-order valence-corrected chi connectivity index (χ3v) is 5.93. The molecule has 0 aliphatic heterocycles. The molecule has 5 nitrogen and oxygen atoms in total. The fourth-order valence-corrected chi connectivity index (χ4v) is 4.21. The molecular formula is C29H29N3O2. The number of aromatic amines is 1. The number of nitrogens with one attached hydrogen (secondary N) is 3. The maximum atomic E-state index is 10.4. The molecule has 0 aliphatic rings. The molecule has 0 radical (unpaired) electrons. The SMILES string of the molecule is OC(CNCCNc1ccc(-c2ccccc2)cc1)COc1cccc2[nH]c3ccccc3c12. The minimum Gasteiger partial charge on any atom is -0.490 e. The monoisotopic (exact) mass is 451 g/mol. The van der Waals surface area contributed by atoms with Crippen molar-refractivity contribution in [2.45, 2.75) is 6.10 Å². The summed E-state index contributed by atoms with van der Waals surface area (Å²) in [6.45, 7) is 2.22. The standard InChI is InChI=1S/C29H29N3O2/c33-24(20-34-28-12-6-11-27-29(28)25-9-4-5-10-26(25)32-27)19-30-17-18-31-23-15-13-22(14-16-23)21-7-2-1-3-8-21/h1-16,24,30-33H,17-20H2. The van der Waals surface area contributed by atoms with Gasteiger partial charge in [-0.1, -0.05) is 66.7 Å². The average molecular weight is 452 g/mol. The van der Waals surface area contributed by atoms with Crippen LogP contribution in [0.2, 0.25) is 0 Å².